The maximum atomic E-state index is 13.1. The van der Waals surface area contributed by atoms with Gasteiger partial charge in [-0.1, -0.05) is 0 Å². The number of fused-ring (bicyclic) bond motifs is 1. The molecule has 1 aliphatic rings. The second kappa shape index (κ2) is 4.49. The number of aromatic nitrogens is 2. The van der Waals surface area contributed by atoms with Crippen LogP contribution in [0.2, 0.25) is 0 Å². The Kier molecular flexibility index (Phi) is 2.83. The molecule has 4 nitrogen and oxygen atoms in total. The Hall–Kier alpha value is -1.75. The van der Waals surface area contributed by atoms with E-state index in [0.29, 0.717) is 10.8 Å². The van der Waals surface area contributed by atoms with E-state index in [0.717, 1.165) is 25.9 Å². The molecule has 1 fully saturated rings. The smallest absolute Gasteiger partial charge is 0.274 e. The van der Waals surface area contributed by atoms with Gasteiger partial charge in [-0.2, -0.15) is 5.10 Å². The van der Waals surface area contributed by atoms with Crippen molar-refractivity contribution < 1.29 is 4.39 Å². The molecule has 0 aliphatic carbocycles. The maximum absolute atomic E-state index is 13.1. The van der Waals surface area contributed by atoms with Crippen LogP contribution < -0.4 is 10.9 Å². The second-order valence-electron chi connectivity index (χ2n) is 4.63. The van der Waals surface area contributed by atoms with Gasteiger partial charge in [0.1, 0.15) is 5.82 Å². The summed E-state index contributed by atoms with van der Waals surface area (Å²) in [5.74, 6) is -0.346. The highest BCUT2D eigenvalue weighted by Gasteiger charge is 2.17. The number of halogens is 1. The average molecular weight is 247 g/mol. The van der Waals surface area contributed by atoms with Crippen molar-refractivity contribution in [1.82, 2.24) is 15.1 Å². The lowest BCUT2D eigenvalue weighted by Crippen LogP contribution is -2.37. The predicted octanol–water partition coefficient (Wildman–Crippen LogP) is 1.46. The fourth-order valence-electron chi connectivity index (χ4n) is 2.44. The van der Waals surface area contributed by atoms with Crippen molar-refractivity contribution in [2.45, 2.75) is 18.9 Å². The summed E-state index contributed by atoms with van der Waals surface area (Å²) in [6, 6.07) is 4.28. The summed E-state index contributed by atoms with van der Waals surface area (Å²) in [5.41, 5.74) is -0.138. The van der Waals surface area contributed by atoms with E-state index in [1.54, 1.807) is 6.20 Å². The first-order chi connectivity index (χ1) is 8.75. The lowest BCUT2D eigenvalue weighted by atomic mass is 10.1. The third-order valence-corrected chi connectivity index (χ3v) is 3.39. The van der Waals surface area contributed by atoms with Crippen LogP contribution in [0, 0.1) is 5.82 Å². The molecule has 94 valence electrons. The summed E-state index contributed by atoms with van der Waals surface area (Å²) in [7, 11) is 0. The highest BCUT2D eigenvalue weighted by atomic mass is 19.1. The van der Waals surface area contributed by atoms with Gasteiger partial charge < -0.3 is 5.32 Å². The fourth-order valence-corrected chi connectivity index (χ4v) is 2.44. The van der Waals surface area contributed by atoms with Crippen molar-refractivity contribution in [3.8, 4) is 0 Å². The fraction of sp³-hybridized carbons (Fsp3) is 0.385. The molecule has 3 rings (SSSR count). The Bertz CT molecular complexity index is 632. The van der Waals surface area contributed by atoms with E-state index >= 15 is 0 Å². The van der Waals surface area contributed by atoms with Gasteiger partial charge in [0.2, 0.25) is 0 Å². The van der Waals surface area contributed by atoms with E-state index in [2.05, 4.69) is 10.4 Å². The number of nitrogens with zero attached hydrogens (tertiary/aromatic N) is 2. The average Bonchev–Trinajstić information content (AvgIpc) is 2.40. The Balaban J connectivity index is 2.11. The molecule has 0 spiro atoms. The monoisotopic (exact) mass is 247 g/mol. The number of nitrogens with one attached hydrogen (secondary N) is 1. The molecule has 18 heavy (non-hydrogen) atoms. The Morgan fingerprint density at radius 3 is 3.11 bits per heavy atom. The van der Waals surface area contributed by atoms with Gasteiger partial charge in [-0.15, -0.1) is 0 Å². The predicted molar refractivity (Wildman–Crippen MR) is 67.1 cm³/mol. The summed E-state index contributed by atoms with van der Waals surface area (Å²) in [6.45, 7) is 1.75. The van der Waals surface area contributed by atoms with Crippen molar-refractivity contribution in [2.75, 3.05) is 13.1 Å². The minimum absolute atomic E-state index is 0.0979. The van der Waals surface area contributed by atoms with Crippen LogP contribution >= 0.6 is 0 Å². The van der Waals surface area contributed by atoms with Gasteiger partial charge in [0.25, 0.3) is 5.56 Å². The topological polar surface area (TPSA) is 46.9 Å². The summed E-state index contributed by atoms with van der Waals surface area (Å²) >= 11 is 0. The first kappa shape index (κ1) is 11.3. The van der Waals surface area contributed by atoms with Crippen molar-refractivity contribution in [3.63, 3.8) is 0 Å². The van der Waals surface area contributed by atoms with Crippen LogP contribution in [0.1, 0.15) is 18.9 Å². The van der Waals surface area contributed by atoms with Gasteiger partial charge in [-0.05, 0) is 37.6 Å². The summed E-state index contributed by atoms with van der Waals surface area (Å²) in [4.78, 5) is 12.3. The van der Waals surface area contributed by atoms with Gasteiger partial charge >= 0.3 is 0 Å². The SMILES string of the molecule is O=c1c2ccc(F)cc2cnn1C1CCCNC1. The maximum Gasteiger partial charge on any atom is 0.274 e. The number of benzene rings is 1. The molecule has 0 bridgehead atoms. The molecule has 0 amide bonds. The van der Waals surface area contributed by atoms with Crippen LogP contribution in [0.5, 0.6) is 0 Å². The zero-order valence-corrected chi connectivity index (χ0v) is 9.90. The number of hydrogen-bond donors (Lipinski definition) is 1. The van der Waals surface area contributed by atoms with E-state index in [1.165, 1.54) is 22.9 Å². The van der Waals surface area contributed by atoms with E-state index in [4.69, 9.17) is 0 Å². The molecule has 2 heterocycles. The molecule has 5 heteroatoms. The molecule has 2 aromatic rings. The highest BCUT2D eigenvalue weighted by molar-refractivity contribution is 5.80. The minimum Gasteiger partial charge on any atom is -0.315 e. The van der Waals surface area contributed by atoms with E-state index in [1.807, 2.05) is 0 Å². The Morgan fingerprint density at radius 1 is 1.44 bits per heavy atom. The minimum atomic E-state index is -0.346. The first-order valence-electron chi connectivity index (χ1n) is 6.13. The normalized spacial score (nSPS) is 20.2. The largest absolute Gasteiger partial charge is 0.315 e. The third-order valence-electron chi connectivity index (χ3n) is 3.39. The van der Waals surface area contributed by atoms with Crippen LogP contribution in [0.25, 0.3) is 10.8 Å². The van der Waals surface area contributed by atoms with Gasteiger partial charge in [0, 0.05) is 11.9 Å². The van der Waals surface area contributed by atoms with Crippen molar-refractivity contribution in [2.24, 2.45) is 0 Å². The van der Waals surface area contributed by atoms with Crippen LogP contribution in [-0.4, -0.2) is 22.9 Å². The van der Waals surface area contributed by atoms with E-state index < -0.39 is 0 Å². The zero-order valence-electron chi connectivity index (χ0n) is 9.90. The molecule has 1 N–H and O–H groups in total. The lowest BCUT2D eigenvalue weighted by Gasteiger charge is -2.23. The van der Waals surface area contributed by atoms with Gasteiger partial charge in [-0.25, -0.2) is 9.07 Å². The van der Waals surface area contributed by atoms with Crippen LogP contribution in [0.15, 0.2) is 29.2 Å². The van der Waals surface area contributed by atoms with Crippen LogP contribution in [0.4, 0.5) is 4.39 Å². The van der Waals surface area contributed by atoms with Gasteiger partial charge in [-0.3, -0.25) is 4.79 Å². The quantitative estimate of drug-likeness (QED) is 0.830. The third kappa shape index (κ3) is 1.90. The van der Waals surface area contributed by atoms with Crippen LogP contribution in [0.3, 0.4) is 0 Å². The lowest BCUT2D eigenvalue weighted by molar-refractivity contribution is 0.337. The Labute approximate surface area is 103 Å². The molecule has 1 aliphatic heterocycles. The molecular weight excluding hydrogens is 233 g/mol. The molecule has 1 aromatic heterocycles. The molecule has 0 saturated carbocycles. The van der Waals surface area contributed by atoms with Crippen LogP contribution in [-0.2, 0) is 0 Å². The second-order valence-corrected chi connectivity index (χ2v) is 4.63. The van der Waals surface area contributed by atoms with Gasteiger partial charge in [0.15, 0.2) is 0 Å². The summed E-state index contributed by atoms with van der Waals surface area (Å²) in [5, 5.41) is 8.51. The number of piperidine rings is 1. The van der Waals surface area contributed by atoms with Gasteiger partial charge in [0.05, 0.1) is 17.6 Å². The highest BCUT2D eigenvalue weighted by Crippen LogP contribution is 2.16. The number of rotatable bonds is 1. The molecule has 1 saturated heterocycles. The van der Waals surface area contributed by atoms with Crippen molar-refractivity contribution in [1.29, 1.82) is 0 Å². The molecule has 0 radical (unpaired) electrons. The molecule has 1 aromatic carbocycles. The van der Waals surface area contributed by atoms with E-state index in [9.17, 15) is 9.18 Å². The van der Waals surface area contributed by atoms with E-state index in [-0.39, 0.29) is 17.4 Å². The van der Waals surface area contributed by atoms with Crippen molar-refractivity contribution in [3.05, 3.63) is 40.6 Å². The standard InChI is InChI=1S/C13H14FN3O/c14-10-3-4-12-9(6-10)7-16-17(13(12)18)11-2-1-5-15-8-11/h3-4,6-7,11,15H,1-2,5,8H2. The summed E-state index contributed by atoms with van der Waals surface area (Å²) in [6.07, 6.45) is 3.56. The van der Waals surface area contributed by atoms with Crippen molar-refractivity contribution >= 4 is 10.8 Å². The molecule has 1 unspecified atom stereocenters. The Morgan fingerprint density at radius 2 is 2.33 bits per heavy atom. The molecule has 1 atom stereocenters. The zero-order chi connectivity index (χ0) is 12.5. The number of hydrogen-bond acceptors (Lipinski definition) is 3. The first-order valence-corrected chi connectivity index (χ1v) is 6.13. The summed E-state index contributed by atoms with van der Waals surface area (Å²) < 4.78 is 14.6. The molecular formula is C13H14FN3O.